The zero-order chi connectivity index (χ0) is 11.3. The second kappa shape index (κ2) is 5.92. The number of rotatable bonds is 4. The monoisotopic (exact) mass is 223 g/mol. The molecule has 15 heavy (non-hydrogen) atoms. The van der Waals surface area contributed by atoms with Gasteiger partial charge in [0.25, 0.3) is 0 Å². The van der Waals surface area contributed by atoms with Gasteiger partial charge in [0.15, 0.2) is 0 Å². The van der Waals surface area contributed by atoms with E-state index in [1.165, 1.54) is 5.56 Å². The van der Waals surface area contributed by atoms with E-state index in [1.807, 2.05) is 19.2 Å². The van der Waals surface area contributed by atoms with Gasteiger partial charge in [-0.1, -0.05) is 44.0 Å². The Morgan fingerprint density at radius 2 is 2.07 bits per heavy atom. The molecule has 0 spiro atoms. The molecule has 1 aromatic carbocycles. The fourth-order valence-corrected chi connectivity index (χ4v) is 2.08. The van der Waals surface area contributed by atoms with Crippen molar-refractivity contribution in [2.24, 2.45) is 4.99 Å². The number of benzene rings is 1. The molecule has 0 aliphatic carbocycles. The summed E-state index contributed by atoms with van der Waals surface area (Å²) in [6.45, 7) is 4.31. The molecule has 0 bridgehead atoms. The Kier molecular flexibility index (Phi) is 4.83. The lowest BCUT2D eigenvalue weighted by atomic mass is 9.98. The van der Waals surface area contributed by atoms with E-state index in [0.717, 1.165) is 35.6 Å². The van der Waals surface area contributed by atoms with E-state index in [9.17, 15) is 0 Å². The van der Waals surface area contributed by atoms with Crippen LogP contribution in [0.15, 0.2) is 23.2 Å². The fourth-order valence-electron chi connectivity index (χ4n) is 1.77. The van der Waals surface area contributed by atoms with Crippen LogP contribution in [0.25, 0.3) is 0 Å². The average Bonchev–Trinajstić information content (AvgIpc) is 2.26. The van der Waals surface area contributed by atoms with Gasteiger partial charge in [-0.3, -0.25) is 4.99 Å². The van der Waals surface area contributed by atoms with Crippen LogP contribution in [0.2, 0.25) is 5.02 Å². The Morgan fingerprint density at radius 3 is 2.60 bits per heavy atom. The third-order valence-corrected chi connectivity index (χ3v) is 2.84. The standard InChI is InChI=1S/C13H18ClN/c1-4-7-12(15-3)13-10(5-2)8-6-9-11(13)14/h6,8-9H,4-5,7H2,1-3H3. The Morgan fingerprint density at radius 1 is 1.33 bits per heavy atom. The van der Waals surface area contributed by atoms with Crippen LogP contribution in [-0.4, -0.2) is 12.8 Å². The van der Waals surface area contributed by atoms with Crippen LogP contribution in [-0.2, 0) is 6.42 Å². The topological polar surface area (TPSA) is 12.4 Å². The van der Waals surface area contributed by atoms with Crippen molar-refractivity contribution < 1.29 is 0 Å². The number of aliphatic imine (C=N–C) groups is 1. The van der Waals surface area contributed by atoms with Crippen molar-refractivity contribution in [2.45, 2.75) is 33.1 Å². The summed E-state index contributed by atoms with van der Waals surface area (Å²) in [6, 6.07) is 6.07. The third kappa shape index (κ3) is 2.82. The van der Waals surface area contributed by atoms with Gasteiger partial charge in [0.2, 0.25) is 0 Å². The van der Waals surface area contributed by atoms with Crippen molar-refractivity contribution in [1.82, 2.24) is 0 Å². The van der Waals surface area contributed by atoms with Gasteiger partial charge in [0.05, 0.1) is 0 Å². The van der Waals surface area contributed by atoms with Crippen molar-refractivity contribution in [2.75, 3.05) is 7.05 Å². The maximum Gasteiger partial charge on any atom is 0.0499 e. The summed E-state index contributed by atoms with van der Waals surface area (Å²) in [7, 11) is 1.84. The van der Waals surface area contributed by atoms with E-state index < -0.39 is 0 Å². The molecule has 0 unspecified atom stereocenters. The van der Waals surface area contributed by atoms with E-state index in [0.29, 0.717) is 0 Å². The molecule has 0 aliphatic heterocycles. The molecule has 0 saturated carbocycles. The van der Waals surface area contributed by atoms with Crippen LogP contribution in [0.4, 0.5) is 0 Å². The van der Waals surface area contributed by atoms with Crippen LogP contribution in [0.5, 0.6) is 0 Å². The van der Waals surface area contributed by atoms with Crippen molar-refractivity contribution >= 4 is 17.3 Å². The van der Waals surface area contributed by atoms with E-state index >= 15 is 0 Å². The summed E-state index contributed by atoms with van der Waals surface area (Å²) < 4.78 is 0. The SMILES string of the molecule is CCCC(=NC)c1c(Cl)cccc1CC. The minimum Gasteiger partial charge on any atom is -0.292 e. The van der Waals surface area contributed by atoms with Crippen LogP contribution in [0.1, 0.15) is 37.8 Å². The number of hydrogen-bond donors (Lipinski definition) is 0. The molecule has 0 radical (unpaired) electrons. The Hall–Kier alpha value is -0.820. The molecule has 82 valence electrons. The van der Waals surface area contributed by atoms with E-state index in [4.69, 9.17) is 11.6 Å². The number of hydrogen-bond acceptors (Lipinski definition) is 1. The fraction of sp³-hybridized carbons (Fsp3) is 0.462. The molecule has 0 atom stereocenters. The van der Waals surface area contributed by atoms with Crippen molar-refractivity contribution in [3.05, 3.63) is 34.3 Å². The van der Waals surface area contributed by atoms with E-state index in [-0.39, 0.29) is 0 Å². The van der Waals surface area contributed by atoms with Crippen LogP contribution in [0, 0.1) is 0 Å². The lowest BCUT2D eigenvalue weighted by Gasteiger charge is -2.11. The predicted molar refractivity (Wildman–Crippen MR) is 68.2 cm³/mol. The van der Waals surface area contributed by atoms with Gasteiger partial charge >= 0.3 is 0 Å². The molecular weight excluding hydrogens is 206 g/mol. The van der Waals surface area contributed by atoms with Gasteiger partial charge in [-0.2, -0.15) is 0 Å². The molecule has 0 fully saturated rings. The highest BCUT2D eigenvalue weighted by Crippen LogP contribution is 2.23. The molecule has 0 amide bonds. The van der Waals surface area contributed by atoms with Gasteiger partial charge in [-0.05, 0) is 24.5 Å². The first-order valence-corrected chi connectivity index (χ1v) is 5.85. The number of aryl methyl sites for hydroxylation is 1. The maximum absolute atomic E-state index is 6.24. The van der Waals surface area contributed by atoms with Gasteiger partial charge < -0.3 is 0 Å². The van der Waals surface area contributed by atoms with Crippen molar-refractivity contribution in [1.29, 1.82) is 0 Å². The molecule has 0 aliphatic rings. The summed E-state index contributed by atoms with van der Waals surface area (Å²) >= 11 is 6.24. The molecule has 0 N–H and O–H groups in total. The zero-order valence-electron chi connectivity index (χ0n) is 9.68. The van der Waals surface area contributed by atoms with Gasteiger partial charge in [-0.25, -0.2) is 0 Å². The highest BCUT2D eigenvalue weighted by atomic mass is 35.5. The molecule has 0 heterocycles. The summed E-state index contributed by atoms with van der Waals surface area (Å²) in [6.07, 6.45) is 3.09. The number of halogens is 1. The summed E-state index contributed by atoms with van der Waals surface area (Å²) in [5.74, 6) is 0. The third-order valence-electron chi connectivity index (χ3n) is 2.53. The molecular formula is C13H18ClN. The minimum absolute atomic E-state index is 0.823. The summed E-state index contributed by atoms with van der Waals surface area (Å²) in [5.41, 5.74) is 3.56. The lowest BCUT2D eigenvalue weighted by molar-refractivity contribution is 0.985. The largest absolute Gasteiger partial charge is 0.292 e. The van der Waals surface area contributed by atoms with Gasteiger partial charge in [-0.15, -0.1) is 0 Å². The first-order chi connectivity index (χ1) is 7.24. The maximum atomic E-state index is 6.24. The highest BCUT2D eigenvalue weighted by Gasteiger charge is 2.10. The van der Waals surface area contributed by atoms with Crippen molar-refractivity contribution in [3.8, 4) is 0 Å². The molecule has 1 nitrogen and oxygen atoms in total. The molecule has 0 saturated heterocycles. The van der Waals surface area contributed by atoms with E-state index in [2.05, 4.69) is 24.9 Å². The van der Waals surface area contributed by atoms with E-state index in [1.54, 1.807) is 0 Å². The van der Waals surface area contributed by atoms with Crippen molar-refractivity contribution in [3.63, 3.8) is 0 Å². The molecule has 1 rings (SSSR count). The molecule has 0 aromatic heterocycles. The number of nitrogens with zero attached hydrogens (tertiary/aromatic N) is 1. The highest BCUT2D eigenvalue weighted by molar-refractivity contribution is 6.34. The Bertz CT molecular complexity index is 356. The average molecular weight is 224 g/mol. The normalized spacial score (nSPS) is 11.9. The van der Waals surface area contributed by atoms with Crippen LogP contribution in [0.3, 0.4) is 0 Å². The van der Waals surface area contributed by atoms with Gasteiger partial charge in [0, 0.05) is 23.3 Å². The Balaban J connectivity index is 3.21. The van der Waals surface area contributed by atoms with Crippen LogP contribution >= 0.6 is 11.6 Å². The first-order valence-electron chi connectivity index (χ1n) is 5.48. The second-order valence-electron chi connectivity index (χ2n) is 3.55. The summed E-state index contributed by atoms with van der Waals surface area (Å²) in [4.78, 5) is 4.35. The Labute approximate surface area is 97.2 Å². The summed E-state index contributed by atoms with van der Waals surface area (Å²) in [5, 5.41) is 0.823. The second-order valence-corrected chi connectivity index (χ2v) is 3.96. The molecule has 2 heteroatoms. The van der Waals surface area contributed by atoms with Gasteiger partial charge in [0.1, 0.15) is 0 Å². The zero-order valence-corrected chi connectivity index (χ0v) is 10.4. The first kappa shape index (κ1) is 12.3. The quantitative estimate of drug-likeness (QED) is 0.681. The molecule has 1 aromatic rings. The lowest BCUT2D eigenvalue weighted by Crippen LogP contribution is -2.05. The smallest absolute Gasteiger partial charge is 0.0499 e. The van der Waals surface area contributed by atoms with Crippen LogP contribution < -0.4 is 0 Å². The predicted octanol–water partition coefficient (Wildman–Crippen LogP) is 4.12. The minimum atomic E-state index is 0.823.